The normalized spacial score (nSPS) is 10.5. The number of anilines is 1. The van der Waals surface area contributed by atoms with Crippen molar-refractivity contribution < 1.29 is 14.7 Å². The Bertz CT molecular complexity index is 480. The molecule has 0 aliphatic rings. The van der Waals surface area contributed by atoms with Gasteiger partial charge in [-0.3, -0.25) is 4.79 Å². The van der Waals surface area contributed by atoms with E-state index in [4.69, 9.17) is 5.11 Å². The lowest BCUT2D eigenvalue weighted by Gasteiger charge is -2.22. The van der Waals surface area contributed by atoms with Crippen molar-refractivity contribution in [3.05, 3.63) is 35.9 Å². The van der Waals surface area contributed by atoms with Crippen molar-refractivity contribution in [1.82, 2.24) is 5.32 Å². The first-order valence-electron chi connectivity index (χ1n) is 6.59. The van der Waals surface area contributed by atoms with E-state index in [0.29, 0.717) is 13.1 Å². The van der Waals surface area contributed by atoms with Gasteiger partial charge in [-0.05, 0) is 37.6 Å². The zero-order chi connectivity index (χ0) is 15.0. The molecule has 20 heavy (non-hydrogen) atoms. The number of benzene rings is 1. The topological polar surface area (TPSA) is 69.6 Å². The number of carboxylic acid groups (broad SMARTS) is 1. The third kappa shape index (κ3) is 5.14. The predicted molar refractivity (Wildman–Crippen MR) is 79.7 cm³/mol. The molecule has 0 fully saturated rings. The molecule has 2 N–H and O–H groups in total. The van der Waals surface area contributed by atoms with Crippen LogP contribution in [0.25, 0.3) is 6.08 Å². The van der Waals surface area contributed by atoms with Gasteiger partial charge in [-0.25, -0.2) is 4.79 Å². The summed E-state index contributed by atoms with van der Waals surface area (Å²) in [5, 5.41) is 11.3. The second kappa shape index (κ2) is 7.99. The van der Waals surface area contributed by atoms with Gasteiger partial charge in [0.2, 0.25) is 5.91 Å². The van der Waals surface area contributed by atoms with Crippen LogP contribution < -0.4 is 10.2 Å². The fraction of sp³-hybridized carbons (Fsp3) is 0.333. The van der Waals surface area contributed by atoms with E-state index < -0.39 is 5.97 Å². The van der Waals surface area contributed by atoms with E-state index in [1.54, 1.807) is 0 Å². The highest BCUT2D eigenvalue weighted by Gasteiger charge is 2.08. The summed E-state index contributed by atoms with van der Waals surface area (Å²) < 4.78 is 0. The second-order valence-electron chi connectivity index (χ2n) is 4.23. The van der Waals surface area contributed by atoms with Crippen molar-refractivity contribution >= 4 is 23.6 Å². The van der Waals surface area contributed by atoms with Crippen LogP contribution in [0, 0.1) is 0 Å². The van der Waals surface area contributed by atoms with E-state index in [2.05, 4.69) is 5.32 Å². The fourth-order valence-corrected chi connectivity index (χ4v) is 1.78. The first-order valence-corrected chi connectivity index (χ1v) is 6.59. The minimum absolute atomic E-state index is 0.0100. The predicted octanol–water partition coefficient (Wildman–Crippen LogP) is 1.75. The van der Waals surface area contributed by atoms with Gasteiger partial charge in [-0.15, -0.1) is 0 Å². The summed E-state index contributed by atoms with van der Waals surface area (Å²) in [5.74, 6) is -0.982. The van der Waals surface area contributed by atoms with Crippen molar-refractivity contribution in [2.45, 2.75) is 13.8 Å². The van der Waals surface area contributed by atoms with E-state index in [9.17, 15) is 9.59 Å². The molecule has 0 bridgehead atoms. The highest BCUT2D eigenvalue weighted by atomic mass is 16.4. The summed E-state index contributed by atoms with van der Waals surface area (Å²) in [6, 6.07) is 7.42. The summed E-state index contributed by atoms with van der Waals surface area (Å²) in [4.78, 5) is 24.0. The minimum Gasteiger partial charge on any atom is -0.478 e. The Balaban J connectivity index is 2.74. The van der Waals surface area contributed by atoms with Crippen LogP contribution in [-0.2, 0) is 9.59 Å². The van der Waals surface area contributed by atoms with Gasteiger partial charge in [0.1, 0.15) is 0 Å². The number of nitrogens with one attached hydrogen (secondary N) is 1. The molecule has 0 aliphatic carbocycles. The van der Waals surface area contributed by atoms with Gasteiger partial charge >= 0.3 is 5.97 Å². The van der Waals surface area contributed by atoms with Crippen LogP contribution in [-0.4, -0.2) is 36.6 Å². The number of nitrogens with zero attached hydrogens (tertiary/aromatic N) is 1. The van der Waals surface area contributed by atoms with Gasteiger partial charge in [0.25, 0.3) is 0 Å². The van der Waals surface area contributed by atoms with Gasteiger partial charge in [-0.2, -0.15) is 0 Å². The van der Waals surface area contributed by atoms with Gasteiger partial charge in [-0.1, -0.05) is 12.1 Å². The highest BCUT2D eigenvalue weighted by Crippen LogP contribution is 2.15. The molecule has 0 radical (unpaired) electrons. The molecule has 5 nitrogen and oxygen atoms in total. The van der Waals surface area contributed by atoms with E-state index in [1.165, 1.54) is 6.08 Å². The Hall–Kier alpha value is -2.30. The number of rotatable bonds is 7. The van der Waals surface area contributed by atoms with Crippen LogP contribution in [0.5, 0.6) is 0 Å². The van der Waals surface area contributed by atoms with Gasteiger partial charge < -0.3 is 15.3 Å². The maximum atomic E-state index is 11.6. The Morgan fingerprint density at radius 2 is 1.90 bits per heavy atom. The first-order chi connectivity index (χ1) is 9.56. The highest BCUT2D eigenvalue weighted by molar-refractivity contribution is 5.85. The molecular formula is C15H20N2O3. The zero-order valence-corrected chi connectivity index (χ0v) is 11.8. The molecule has 0 saturated heterocycles. The van der Waals surface area contributed by atoms with Crippen LogP contribution in [0.1, 0.15) is 19.4 Å². The molecule has 1 aromatic rings. The molecule has 5 heteroatoms. The molecule has 1 rings (SSSR count). The average Bonchev–Trinajstić information content (AvgIpc) is 2.43. The largest absolute Gasteiger partial charge is 0.478 e. The molecule has 0 aromatic heterocycles. The molecule has 0 atom stereocenters. The number of hydrogen-bond acceptors (Lipinski definition) is 3. The number of carbonyl (C=O) groups excluding carboxylic acids is 1. The lowest BCUT2D eigenvalue weighted by atomic mass is 10.2. The lowest BCUT2D eigenvalue weighted by Crippen LogP contribution is -2.37. The van der Waals surface area contributed by atoms with Gasteiger partial charge in [0.15, 0.2) is 0 Å². The molecule has 0 spiro atoms. The summed E-state index contributed by atoms with van der Waals surface area (Å²) in [6.07, 6.45) is 2.63. The molecule has 0 unspecified atom stereocenters. The van der Waals surface area contributed by atoms with Crippen molar-refractivity contribution in [3.8, 4) is 0 Å². The number of hydrogen-bond donors (Lipinski definition) is 2. The number of carbonyl (C=O) groups is 2. The summed E-state index contributed by atoms with van der Waals surface area (Å²) in [7, 11) is 0. The third-order valence-corrected chi connectivity index (χ3v) is 2.77. The standard InChI is InChI=1S/C15H20N2O3/c1-3-16-14(18)11-17(4-2)13-8-5-12(6-9-13)7-10-15(19)20/h5-10H,3-4,11H2,1-2H3,(H,16,18)(H,19,20). The molecule has 0 aliphatic heterocycles. The van der Waals surface area contributed by atoms with Crippen LogP contribution in [0.2, 0.25) is 0 Å². The number of likely N-dealkylation sites (N-methyl/N-ethyl adjacent to an activating group) is 2. The monoisotopic (exact) mass is 276 g/mol. The van der Waals surface area contributed by atoms with Crippen LogP contribution in [0.4, 0.5) is 5.69 Å². The molecule has 0 heterocycles. The van der Waals surface area contributed by atoms with Crippen LogP contribution in [0.15, 0.2) is 30.3 Å². The number of carboxylic acids is 1. The van der Waals surface area contributed by atoms with E-state index >= 15 is 0 Å². The van der Waals surface area contributed by atoms with Crippen LogP contribution >= 0.6 is 0 Å². The third-order valence-electron chi connectivity index (χ3n) is 2.77. The quantitative estimate of drug-likeness (QED) is 0.744. The van der Waals surface area contributed by atoms with Crippen molar-refractivity contribution in [2.24, 2.45) is 0 Å². The summed E-state index contributed by atoms with van der Waals surface area (Å²) >= 11 is 0. The maximum absolute atomic E-state index is 11.6. The molecular weight excluding hydrogens is 256 g/mol. The zero-order valence-electron chi connectivity index (χ0n) is 11.8. The van der Waals surface area contributed by atoms with Gasteiger partial charge in [0, 0.05) is 24.9 Å². The van der Waals surface area contributed by atoms with Crippen molar-refractivity contribution in [3.63, 3.8) is 0 Å². The SMILES string of the molecule is CCNC(=O)CN(CC)c1ccc(C=CC(=O)O)cc1. The second-order valence-corrected chi connectivity index (χ2v) is 4.23. The fourth-order valence-electron chi connectivity index (χ4n) is 1.78. The lowest BCUT2D eigenvalue weighted by molar-refractivity contribution is -0.131. The minimum atomic E-state index is -0.972. The average molecular weight is 276 g/mol. The van der Waals surface area contributed by atoms with E-state index in [1.807, 2.05) is 43.0 Å². The van der Waals surface area contributed by atoms with Crippen molar-refractivity contribution in [1.29, 1.82) is 0 Å². The number of aliphatic carboxylic acids is 1. The molecule has 1 aromatic carbocycles. The smallest absolute Gasteiger partial charge is 0.328 e. The summed E-state index contributed by atoms with van der Waals surface area (Å²) in [5.41, 5.74) is 1.75. The number of amides is 1. The first kappa shape index (κ1) is 15.8. The molecule has 0 saturated carbocycles. The Kier molecular flexibility index (Phi) is 6.29. The van der Waals surface area contributed by atoms with Crippen molar-refractivity contribution in [2.75, 3.05) is 24.5 Å². The summed E-state index contributed by atoms with van der Waals surface area (Å²) in [6.45, 7) is 5.53. The Morgan fingerprint density at radius 3 is 2.40 bits per heavy atom. The maximum Gasteiger partial charge on any atom is 0.328 e. The molecule has 1 amide bonds. The van der Waals surface area contributed by atoms with Gasteiger partial charge in [0.05, 0.1) is 6.54 Å². The Labute approximate surface area is 118 Å². The van der Waals surface area contributed by atoms with E-state index in [0.717, 1.165) is 23.9 Å². The van der Waals surface area contributed by atoms with Crippen LogP contribution in [0.3, 0.4) is 0 Å². The van der Waals surface area contributed by atoms with E-state index in [-0.39, 0.29) is 5.91 Å². The Morgan fingerprint density at radius 1 is 1.25 bits per heavy atom. The molecule has 108 valence electrons.